The van der Waals surface area contributed by atoms with E-state index in [1.807, 2.05) is 28.8 Å². The molecule has 3 heteroatoms. The van der Waals surface area contributed by atoms with Crippen molar-refractivity contribution in [3.63, 3.8) is 0 Å². The number of nitrogens with zero attached hydrogens (tertiary/aromatic N) is 1. The van der Waals surface area contributed by atoms with Crippen molar-refractivity contribution >= 4 is 16.9 Å². The minimum atomic E-state index is -0.885. The molecule has 0 saturated carbocycles. The van der Waals surface area contributed by atoms with E-state index < -0.39 is 5.97 Å². The zero-order valence-corrected chi connectivity index (χ0v) is 11.2. The second kappa shape index (κ2) is 4.85. The lowest BCUT2D eigenvalue weighted by Gasteiger charge is -2.05. The maximum atomic E-state index is 11.3. The Labute approximate surface area is 117 Å². The number of benzene rings is 2. The first kappa shape index (κ1) is 12.5. The SMILES string of the molecule is Cc1ccc(Cn2cc(C(=O)O)c3ccccc32)cc1. The Kier molecular flexibility index (Phi) is 3.03. The Balaban J connectivity index is 2.07. The maximum absolute atomic E-state index is 11.3. The zero-order chi connectivity index (χ0) is 14.1. The van der Waals surface area contributed by atoms with E-state index in [9.17, 15) is 9.90 Å². The third-order valence-electron chi connectivity index (χ3n) is 3.49. The van der Waals surface area contributed by atoms with E-state index in [4.69, 9.17) is 0 Å². The lowest BCUT2D eigenvalue weighted by Crippen LogP contribution is -1.98. The normalized spacial score (nSPS) is 10.8. The van der Waals surface area contributed by atoms with Crippen molar-refractivity contribution in [1.82, 2.24) is 4.57 Å². The number of rotatable bonds is 3. The first-order valence-corrected chi connectivity index (χ1v) is 6.52. The molecule has 20 heavy (non-hydrogen) atoms. The molecule has 100 valence electrons. The largest absolute Gasteiger partial charge is 0.478 e. The van der Waals surface area contributed by atoms with Crippen molar-refractivity contribution in [2.24, 2.45) is 0 Å². The highest BCUT2D eigenvalue weighted by Gasteiger charge is 2.13. The van der Waals surface area contributed by atoms with Gasteiger partial charge in [-0.3, -0.25) is 0 Å². The molecule has 0 atom stereocenters. The van der Waals surface area contributed by atoms with Gasteiger partial charge in [-0.15, -0.1) is 0 Å². The number of para-hydroxylation sites is 1. The Morgan fingerprint density at radius 1 is 1.10 bits per heavy atom. The fourth-order valence-corrected chi connectivity index (χ4v) is 2.44. The summed E-state index contributed by atoms with van der Waals surface area (Å²) >= 11 is 0. The van der Waals surface area contributed by atoms with E-state index >= 15 is 0 Å². The number of hydrogen-bond acceptors (Lipinski definition) is 1. The number of hydrogen-bond donors (Lipinski definition) is 1. The molecule has 3 rings (SSSR count). The van der Waals surface area contributed by atoms with Crippen molar-refractivity contribution in [2.75, 3.05) is 0 Å². The highest BCUT2D eigenvalue weighted by molar-refractivity contribution is 6.03. The lowest BCUT2D eigenvalue weighted by atomic mass is 10.1. The van der Waals surface area contributed by atoms with Crippen molar-refractivity contribution in [2.45, 2.75) is 13.5 Å². The third-order valence-corrected chi connectivity index (χ3v) is 3.49. The average molecular weight is 265 g/mol. The molecule has 0 radical (unpaired) electrons. The summed E-state index contributed by atoms with van der Waals surface area (Å²) < 4.78 is 1.99. The topological polar surface area (TPSA) is 42.2 Å². The molecule has 0 bridgehead atoms. The molecule has 2 aromatic carbocycles. The van der Waals surface area contributed by atoms with E-state index in [1.54, 1.807) is 6.20 Å². The molecule has 3 aromatic rings. The van der Waals surface area contributed by atoms with Gasteiger partial charge in [0.1, 0.15) is 0 Å². The molecule has 0 fully saturated rings. The fourth-order valence-electron chi connectivity index (χ4n) is 2.44. The summed E-state index contributed by atoms with van der Waals surface area (Å²) in [4.78, 5) is 11.3. The van der Waals surface area contributed by atoms with Gasteiger partial charge in [0.25, 0.3) is 0 Å². The summed E-state index contributed by atoms with van der Waals surface area (Å²) in [5.41, 5.74) is 3.68. The maximum Gasteiger partial charge on any atom is 0.337 e. The molecule has 0 aliphatic rings. The summed E-state index contributed by atoms with van der Waals surface area (Å²) in [7, 11) is 0. The smallest absolute Gasteiger partial charge is 0.337 e. The van der Waals surface area contributed by atoms with Crippen molar-refractivity contribution < 1.29 is 9.90 Å². The first-order chi connectivity index (χ1) is 9.65. The van der Waals surface area contributed by atoms with Crippen LogP contribution >= 0.6 is 0 Å². The third kappa shape index (κ3) is 2.18. The highest BCUT2D eigenvalue weighted by atomic mass is 16.4. The van der Waals surface area contributed by atoms with Crippen LogP contribution in [-0.4, -0.2) is 15.6 Å². The Bertz CT molecular complexity index is 769. The van der Waals surface area contributed by atoms with Crippen LogP contribution in [0.15, 0.2) is 54.7 Å². The molecule has 1 N–H and O–H groups in total. The molecule has 0 aliphatic heterocycles. The summed E-state index contributed by atoms with van der Waals surface area (Å²) in [5.74, 6) is -0.885. The highest BCUT2D eigenvalue weighted by Crippen LogP contribution is 2.22. The first-order valence-electron chi connectivity index (χ1n) is 6.52. The van der Waals surface area contributed by atoms with Gasteiger partial charge in [-0.1, -0.05) is 48.0 Å². The van der Waals surface area contributed by atoms with Crippen molar-refractivity contribution in [3.8, 4) is 0 Å². The second-order valence-corrected chi connectivity index (χ2v) is 4.98. The van der Waals surface area contributed by atoms with Crippen LogP contribution in [0.1, 0.15) is 21.5 Å². The summed E-state index contributed by atoms with van der Waals surface area (Å²) in [6.45, 7) is 2.73. The van der Waals surface area contributed by atoms with Gasteiger partial charge in [0.15, 0.2) is 0 Å². The standard InChI is InChI=1S/C17H15NO2/c1-12-6-8-13(9-7-12)10-18-11-15(17(19)20)14-4-2-3-5-16(14)18/h2-9,11H,10H2,1H3,(H,19,20). The van der Waals surface area contributed by atoms with Crippen LogP contribution in [0.5, 0.6) is 0 Å². The molecule has 0 saturated heterocycles. The van der Waals surface area contributed by atoms with Crippen LogP contribution in [0.2, 0.25) is 0 Å². The van der Waals surface area contributed by atoms with Crippen LogP contribution in [-0.2, 0) is 6.54 Å². The van der Waals surface area contributed by atoms with Crippen molar-refractivity contribution in [1.29, 1.82) is 0 Å². The van der Waals surface area contributed by atoms with Gasteiger partial charge in [-0.25, -0.2) is 4.79 Å². The molecule has 0 amide bonds. The molecule has 0 unspecified atom stereocenters. The molecule has 1 aromatic heterocycles. The number of fused-ring (bicyclic) bond motifs is 1. The van der Waals surface area contributed by atoms with Crippen LogP contribution in [0, 0.1) is 6.92 Å². The summed E-state index contributed by atoms with van der Waals surface area (Å²) in [5, 5.41) is 10.1. The van der Waals surface area contributed by atoms with Gasteiger partial charge < -0.3 is 9.67 Å². The van der Waals surface area contributed by atoms with E-state index in [-0.39, 0.29) is 0 Å². The Morgan fingerprint density at radius 3 is 2.50 bits per heavy atom. The fraction of sp³-hybridized carbons (Fsp3) is 0.118. The summed E-state index contributed by atoms with van der Waals surface area (Å²) in [6, 6.07) is 15.9. The quantitative estimate of drug-likeness (QED) is 0.784. The zero-order valence-electron chi connectivity index (χ0n) is 11.2. The second-order valence-electron chi connectivity index (χ2n) is 4.98. The van der Waals surface area contributed by atoms with E-state index in [1.165, 1.54) is 5.56 Å². The van der Waals surface area contributed by atoms with E-state index in [0.717, 1.165) is 16.5 Å². The molecular weight excluding hydrogens is 250 g/mol. The van der Waals surface area contributed by atoms with Gasteiger partial charge in [0, 0.05) is 23.6 Å². The molecule has 3 nitrogen and oxygen atoms in total. The van der Waals surface area contributed by atoms with Gasteiger partial charge in [-0.2, -0.15) is 0 Å². The van der Waals surface area contributed by atoms with Gasteiger partial charge in [0.05, 0.1) is 5.56 Å². The Morgan fingerprint density at radius 2 is 1.80 bits per heavy atom. The van der Waals surface area contributed by atoms with Gasteiger partial charge in [-0.05, 0) is 18.6 Å². The van der Waals surface area contributed by atoms with Gasteiger partial charge in [0.2, 0.25) is 0 Å². The number of carbonyl (C=O) groups is 1. The number of carboxylic acid groups (broad SMARTS) is 1. The van der Waals surface area contributed by atoms with Crippen LogP contribution in [0.25, 0.3) is 10.9 Å². The number of aromatic nitrogens is 1. The predicted octanol–water partition coefficient (Wildman–Crippen LogP) is 3.70. The number of aromatic carboxylic acids is 1. The molecule has 1 heterocycles. The van der Waals surface area contributed by atoms with Gasteiger partial charge >= 0.3 is 5.97 Å². The minimum Gasteiger partial charge on any atom is -0.478 e. The number of carboxylic acids is 1. The Hall–Kier alpha value is -2.55. The lowest BCUT2D eigenvalue weighted by molar-refractivity contribution is 0.0699. The average Bonchev–Trinajstić information content (AvgIpc) is 2.81. The van der Waals surface area contributed by atoms with E-state index in [2.05, 4.69) is 31.2 Å². The minimum absolute atomic E-state index is 0.354. The summed E-state index contributed by atoms with van der Waals surface area (Å²) in [6.07, 6.45) is 1.72. The van der Waals surface area contributed by atoms with Crippen LogP contribution in [0.3, 0.4) is 0 Å². The van der Waals surface area contributed by atoms with Crippen LogP contribution < -0.4 is 0 Å². The van der Waals surface area contributed by atoms with Crippen molar-refractivity contribution in [3.05, 3.63) is 71.4 Å². The molecule has 0 spiro atoms. The predicted molar refractivity (Wildman–Crippen MR) is 79.2 cm³/mol. The molecule has 0 aliphatic carbocycles. The van der Waals surface area contributed by atoms with Crippen LogP contribution in [0.4, 0.5) is 0 Å². The van der Waals surface area contributed by atoms with E-state index in [0.29, 0.717) is 12.1 Å². The monoisotopic (exact) mass is 265 g/mol. The molecular formula is C17H15NO2. The number of aryl methyl sites for hydroxylation is 1.